The molecule has 1 aromatic rings. The van der Waals surface area contributed by atoms with E-state index in [1.807, 2.05) is 18.7 Å². The minimum Gasteiger partial charge on any atom is -0.506 e. The number of sulfonamides is 1. The van der Waals surface area contributed by atoms with Gasteiger partial charge in [-0.3, -0.25) is 14.3 Å². The summed E-state index contributed by atoms with van der Waals surface area (Å²) in [6.07, 6.45) is 1.01. The van der Waals surface area contributed by atoms with Crippen LogP contribution in [0.25, 0.3) is 5.57 Å². The molecule has 0 fully saturated rings. The smallest absolute Gasteiger partial charge is 0.276 e. The number of aliphatic hydroxyl groups excluding tert-OH is 1. The van der Waals surface area contributed by atoms with Crippen molar-refractivity contribution in [2.45, 2.75) is 20.8 Å². The Balaban J connectivity index is 2.16. The van der Waals surface area contributed by atoms with Crippen LogP contribution >= 0.6 is 0 Å². The zero-order valence-corrected chi connectivity index (χ0v) is 18.3. The summed E-state index contributed by atoms with van der Waals surface area (Å²) in [4.78, 5) is 27.2. The number of aliphatic hydroxyl groups is 1. The van der Waals surface area contributed by atoms with Crippen molar-refractivity contribution in [1.29, 1.82) is 0 Å². The number of carbonyl (C=O) groups excluding carboxylic acids is 2. The topological polar surface area (TPSA) is 119 Å². The second-order valence-electron chi connectivity index (χ2n) is 7.09. The van der Waals surface area contributed by atoms with Gasteiger partial charge < -0.3 is 10.0 Å². The van der Waals surface area contributed by atoms with E-state index in [-0.39, 0.29) is 33.7 Å². The molecule has 0 saturated carbocycles. The van der Waals surface area contributed by atoms with E-state index in [4.69, 9.17) is 0 Å². The summed E-state index contributed by atoms with van der Waals surface area (Å²) >= 11 is 0. The number of nitrogens with zero attached hydrogens (tertiary/aromatic N) is 3. The predicted octanol–water partition coefficient (Wildman–Crippen LogP) is 1.90. The highest BCUT2D eigenvalue weighted by atomic mass is 32.2. The lowest BCUT2D eigenvalue weighted by Gasteiger charge is -2.27. The first-order chi connectivity index (χ1) is 14.0. The van der Waals surface area contributed by atoms with E-state index in [9.17, 15) is 23.1 Å². The number of Topliss-reactive ketones (excluding diaryl/α,β-unsaturated/α-hetero) is 1. The molecule has 160 valence electrons. The van der Waals surface area contributed by atoms with Crippen molar-refractivity contribution in [3.63, 3.8) is 0 Å². The van der Waals surface area contributed by atoms with Crippen LogP contribution in [0.3, 0.4) is 0 Å². The third-order valence-corrected chi connectivity index (χ3v) is 5.63. The molecular formula is C20H24N4O5S. The molecule has 1 heterocycles. The fourth-order valence-corrected chi connectivity index (χ4v) is 4.20. The van der Waals surface area contributed by atoms with Gasteiger partial charge in [-0.05, 0) is 39.0 Å². The average Bonchev–Trinajstić information content (AvgIpc) is 2.90. The van der Waals surface area contributed by atoms with Crippen molar-refractivity contribution in [1.82, 2.24) is 5.01 Å². The standard InChI is InChI=1S/C20H24N4O5S/c1-6-24(7-2)12-8-9-13(14(10-12)22-30(5,28)29)16-18(25)17(19(16)26)15-11(3)21-23(4)20(15)27/h8-10,22,25H,6-7H2,1-5H3/b17-15+. The second-order valence-corrected chi connectivity index (χ2v) is 8.84. The summed E-state index contributed by atoms with van der Waals surface area (Å²) < 4.78 is 26.2. The molecule has 0 spiro atoms. The highest BCUT2D eigenvalue weighted by Gasteiger charge is 2.43. The van der Waals surface area contributed by atoms with E-state index in [1.54, 1.807) is 25.1 Å². The van der Waals surface area contributed by atoms with Crippen molar-refractivity contribution < 1.29 is 23.1 Å². The Morgan fingerprint density at radius 1 is 1.13 bits per heavy atom. The molecule has 1 aliphatic heterocycles. The molecule has 0 unspecified atom stereocenters. The van der Waals surface area contributed by atoms with Crippen LogP contribution in [-0.4, -0.2) is 62.3 Å². The van der Waals surface area contributed by atoms with Crippen LogP contribution in [0, 0.1) is 0 Å². The number of allylic oxidation sites excluding steroid dienone is 2. The van der Waals surface area contributed by atoms with Gasteiger partial charge in [-0.25, -0.2) is 13.4 Å². The van der Waals surface area contributed by atoms with Gasteiger partial charge in [0.1, 0.15) is 5.76 Å². The number of hydrogen-bond donors (Lipinski definition) is 2. The molecule has 1 aliphatic carbocycles. The normalized spacial score (nSPS) is 19.2. The van der Waals surface area contributed by atoms with E-state index >= 15 is 0 Å². The first-order valence-corrected chi connectivity index (χ1v) is 11.3. The van der Waals surface area contributed by atoms with Crippen LogP contribution < -0.4 is 9.62 Å². The van der Waals surface area contributed by atoms with Gasteiger partial charge in [0.25, 0.3) is 5.91 Å². The average molecular weight is 433 g/mol. The zero-order chi connectivity index (χ0) is 22.4. The van der Waals surface area contributed by atoms with Gasteiger partial charge in [-0.15, -0.1) is 0 Å². The van der Waals surface area contributed by atoms with E-state index in [2.05, 4.69) is 9.82 Å². The minimum absolute atomic E-state index is 0.0371. The Hall–Kier alpha value is -3.14. The molecule has 3 rings (SSSR count). The lowest BCUT2D eigenvalue weighted by Crippen LogP contribution is -2.29. The highest BCUT2D eigenvalue weighted by molar-refractivity contribution is 7.92. The van der Waals surface area contributed by atoms with E-state index in [0.29, 0.717) is 18.8 Å². The summed E-state index contributed by atoms with van der Waals surface area (Å²) in [5, 5.41) is 15.8. The number of amides is 1. The Labute approximate surface area is 175 Å². The molecular weight excluding hydrogens is 408 g/mol. The minimum atomic E-state index is -3.64. The highest BCUT2D eigenvalue weighted by Crippen LogP contribution is 2.42. The number of carbonyl (C=O) groups is 2. The Kier molecular flexibility index (Phi) is 5.46. The zero-order valence-electron chi connectivity index (χ0n) is 17.5. The molecule has 0 radical (unpaired) electrons. The van der Waals surface area contributed by atoms with E-state index in [0.717, 1.165) is 17.0 Å². The maximum absolute atomic E-state index is 12.9. The molecule has 9 nitrogen and oxygen atoms in total. The van der Waals surface area contributed by atoms with E-state index < -0.39 is 21.7 Å². The Bertz CT molecular complexity index is 1140. The van der Waals surface area contributed by atoms with Crippen LogP contribution in [0.15, 0.2) is 40.2 Å². The molecule has 0 aromatic heterocycles. The van der Waals surface area contributed by atoms with Crippen LogP contribution in [0.2, 0.25) is 0 Å². The van der Waals surface area contributed by atoms with Crippen molar-refractivity contribution in [2.75, 3.05) is 36.0 Å². The van der Waals surface area contributed by atoms with Crippen LogP contribution in [0.1, 0.15) is 26.3 Å². The molecule has 1 amide bonds. The number of nitrogens with one attached hydrogen (secondary N) is 1. The third kappa shape index (κ3) is 3.58. The van der Waals surface area contributed by atoms with Crippen molar-refractivity contribution in [3.8, 4) is 0 Å². The van der Waals surface area contributed by atoms with Gasteiger partial charge in [0.05, 0.1) is 34.4 Å². The number of likely N-dealkylation sites (N-methyl/N-ethyl adjacent to an activating group) is 1. The molecule has 30 heavy (non-hydrogen) atoms. The molecule has 2 aliphatic rings. The lowest BCUT2D eigenvalue weighted by molar-refractivity contribution is -0.125. The van der Waals surface area contributed by atoms with Crippen molar-refractivity contribution in [2.24, 2.45) is 5.10 Å². The SMILES string of the molecule is CCN(CC)c1ccc(C2=C(O)/C(=C3\C(=O)N(C)N=C3C)C2=O)c(NS(C)(=O)=O)c1. The molecule has 0 bridgehead atoms. The van der Waals surface area contributed by atoms with Crippen molar-refractivity contribution >= 4 is 44.4 Å². The summed E-state index contributed by atoms with van der Waals surface area (Å²) in [6, 6.07) is 4.98. The Morgan fingerprint density at radius 2 is 1.77 bits per heavy atom. The molecule has 0 atom stereocenters. The summed E-state index contributed by atoms with van der Waals surface area (Å²) in [6.45, 7) is 6.96. The van der Waals surface area contributed by atoms with Gasteiger partial charge in [-0.2, -0.15) is 5.10 Å². The Morgan fingerprint density at radius 3 is 2.23 bits per heavy atom. The maximum atomic E-state index is 12.9. The number of hydrogen-bond acceptors (Lipinski definition) is 7. The first-order valence-electron chi connectivity index (χ1n) is 9.43. The monoisotopic (exact) mass is 432 g/mol. The summed E-state index contributed by atoms with van der Waals surface area (Å²) in [7, 11) is -2.18. The van der Waals surface area contributed by atoms with Crippen LogP contribution in [0.5, 0.6) is 0 Å². The predicted molar refractivity (Wildman–Crippen MR) is 116 cm³/mol. The number of ketones is 1. The van der Waals surface area contributed by atoms with Crippen LogP contribution in [0.4, 0.5) is 11.4 Å². The van der Waals surface area contributed by atoms with Gasteiger partial charge in [0, 0.05) is 31.4 Å². The number of benzene rings is 1. The lowest BCUT2D eigenvalue weighted by atomic mass is 9.79. The van der Waals surface area contributed by atoms with Gasteiger partial charge in [0.2, 0.25) is 15.8 Å². The molecule has 2 N–H and O–H groups in total. The largest absolute Gasteiger partial charge is 0.506 e. The summed E-state index contributed by atoms with van der Waals surface area (Å²) in [5.41, 5.74) is 1.46. The summed E-state index contributed by atoms with van der Waals surface area (Å²) in [5.74, 6) is -1.36. The third-order valence-electron chi connectivity index (χ3n) is 5.04. The van der Waals surface area contributed by atoms with E-state index in [1.165, 1.54) is 7.05 Å². The number of hydrazone groups is 1. The van der Waals surface area contributed by atoms with Gasteiger partial charge in [-0.1, -0.05) is 0 Å². The fourth-order valence-electron chi connectivity index (χ4n) is 3.63. The fraction of sp³-hybridized carbons (Fsp3) is 0.350. The van der Waals surface area contributed by atoms with Gasteiger partial charge in [0.15, 0.2) is 0 Å². The van der Waals surface area contributed by atoms with Gasteiger partial charge >= 0.3 is 0 Å². The quantitative estimate of drug-likeness (QED) is 0.663. The number of anilines is 2. The molecule has 10 heteroatoms. The first kappa shape index (κ1) is 21.6. The van der Waals surface area contributed by atoms with Crippen molar-refractivity contribution in [3.05, 3.63) is 40.7 Å². The van der Waals surface area contributed by atoms with Crippen LogP contribution in [-0.2, 0) is 19.6 Å². The second kappa shape index (κ2) is 7.60. The maximum Gasteiger partial charge on any atom is 0.276 e. The molecule has 0 saturated heterocycles. The molecule has 1 aromatic carbocycles. The number of rotatable bonds is 6.